The molecule has 146 valence electrons. The van der Waals surface area contributed by atoms with Crippen molar-refractivity contribution >= 4 is 23.5 Å². The molecule has 8 nitrogen and oxygen atoms in total. The van der Waals surface area contributed by atoms with Crippen LogP contribution in [0, 0.1) is 0 Å². The molecule has 9 heteroatoms. The van der Waals surface area contributed by atoms with Gasteiger partial charge in [-0.2, -0.15) is 0 Å². The quantitative estimate of drug-likeness (QED) is 0.718. The lowest BCUT2D eigenvalue weighted by molar-refractivity contribution is -0.143. The van der Waals surface area contributed by atoms with Gasteiger partial charge in [0.2, 0.25) is 0 Å². The molecule has 0 aliphatic rings. The number of aliphatic carboxylic acids is 2. The second-order valence-electron chi connectivity index (χ2n) is 6.11. The molecule has 0 radical (unpaired) electrons. The number of hydrogen-bond donors (Lipinski definition) is 2. The van der Waals surface area contributed by atoms with Crippen LogP contribution in [0.3, 0.4) is 0 Å². The summed E-state index contributed by atoms with van der Waals surface area (Å²) >= 11 is 5.60. The molecule has 0 aliphatic heterocycles. The first-order valence-electron chi connectivity index (χ1n) is 7.95. The third-order valence-electron chi connectivity index (χ3n) is 3.57. The number of likely N-dealkylation sites (N-methyl/N-ethyl adjacent to an activating group) is 2. The topological polar surface area (TPSA) is 107 Å². The highest BCUT2D eigenvalue weighted by atomic mass is 35.5. The molecule has 0 bridgehead atoms. The number of hydrogen-bond acceptors (Lipinski definition) is 6. The van der Waals surface area contributed by atoms with Crippen LogP contribution in [0.4, 0.5) is 0 Å². The van der Waals surface area contributed by atoms with Crippen LogP contribution >= 0.6 is 11.6 Å². The standard InChI is InChI=1S/C9H11ClN2O2.C9H12N2O2/c1-12(2)8(9(13)14)6-3-4-7(10)11-5-6;1-11(2)8(9(12)13)7-4-3-5-10-6-7/h3-5,8H,1-2H3,(H,13,14);3-6,8H,1-2H3,(H,12,13). The Morgan fingerprint density at radius 3 is 1.78 bits per heavy atom. The molecule has 0 aliphatic carbocycles. The SMILES string of the molecule is CN(C)C(C(=O)O)c1ccc(Cl)nc1.CN(C)C(C(=O)O)c1cccnc1. The maximum absolute atomic E-state index is 10.9. The summed E-state index contributed by atoms with van der Waals surface area (Å²) in [7, 11) is 6.86. The van der Waals surface area contributed by atoms with Crippen molar-refractivity contribution in [2.75, 3.05) is 28.2 Å². The smallest absolute Gasteiger partial charge is 0.325 e. The highest BCUT2D eigenvalue weighted by Crippen LogP contribution is 2.18. The second kappa shape index (κ2) is 10.6. The highest BCUT2D eigenvalue weighted by molar-refractivity contribution is 6.29. The van der Waals surface area contributed by atoms with Gasteiger partial charge in [-0.1, -0.05) is 23.7 Å². The summed E-state index contributed by atoms with van der Waals surface area (Å²) < 4.78 is 0. The zero-order chi connectivity index (χ0) is 20.6. The number of nitrogens with zero attached hydrogens (tertiary/aromatic N) is 4. The average Bonchev–Trinajstić information content (AvgIpc) is 2.57. The molecule has 27 heavy (non-hydrogen) atoms. The highest BCUT2D eigenvalue weighted by Gasteiger charge is 2.22. The first-order valence-corrected chi connectivity index (χ1v) is 8.32. The van der Waals surface area contributed by atoms with Gasteiger partial charge in [-0.15, -0.1) is 0 Å². The van der Waals surface area contributed by atoms with Gasteiger partial charge < -0.3 is 10.2 Å². The van der Waals surface area contributed by atoms with Crippen LogP contribution < -0.4 is 0 Å². The van der Waals surface area contributed by atoms with Gasteiger partial charge in [-0.3, -0.25) is 24.4 Å². The van der Waals surface area contributed by atoms with Crippen LogP contribution in [0.2, 0.25) is 5.15 Å². The van der Waals surface area contributed by atoms with Gasteiger partial charge in [0.15, 0.2) is 0 Å². The summed E-state index contributed by atoms with van der Waals surface area (Å²) in [6, 6.07) is 5.43. The number of carboxylic acids is 2. The fourth-order valence-electron chi connectivity index (χ4n) is 2.41. The minimum absolute atomic E-state index is 0.358. The molecule has 0 fully saturated rings. The van der Waals surface area contributed by atoms with Crippen molar-refractivity contribution in [2.24, 2.45) is 0 Å². The summed E-state index contributed by atoms with van der Waals surface area (Å²) in [6.07, 6.45) is 4.66. The average molecular weight is 395 g/mol. The minimum atomic E-state index is -0.904. The lowest BCUT2D eigenvalue weighted by Crippen LogP contribution is -2.27. The monoisotopic (exact) mass is 394 g/mol. The van der Waals surface area contributed by atoms with Crippen molar-refractivity contribution in [3.63, 3.8) is 0 Å². The van der Waals surface area contributed by atoms with Crippen LogP contribution in [0.15, 0.2) is 42.9 Å². The van der Waals surface area contributed by atoms with Gasteiger partial charge in [0.1, 0.15) is 17.2 Å². The van der Waals surface area contributed by atoms with E-state index < -0.39 is 24.0 Å². The van der Waals surface area contributed by atoms with Crippen LogP contribution in [-0.4, -0.2) is 70.1 Å². The Labute approximate surface area is 163 Å². The Balaban J connectivity index is 0.000000271. The van der Waals surface area contributed by atoms with E-state index in [1.165, 1.54) is 6.20 Å². The summed E-state index contributed by atoms with van der Waals surface area (Å²) in [5.74, 6) is -1.77. The zero-order valence-corrected chi connectivity index (χ0v) is 16.3. The molecule has 2 atom stereocenters. The number of carboxylic acid groups (broad SMARTS) is 2. The fraction of sp³-hybridized carbons (Fsp3) is 0.333. The van der Waals surface area contributed by atoms with Gasteiger partial charge in [0, 0.05) is 18.6 Å². The van der Waals surface area contributed by atoms with Crippen molar-refractivity contribution in [2.45, 2.75) is 12.1 Å². The molecule has 0 saturated carbocycles. The maximum Gasteiger partial charge on any atom is 0.325 e. The molecule has 0 spiro atoms. The molecule has 2 aromatic rings. The summed E-state index contributed by atoms with van der Waals surface area (Å²) in [5.41, 5.74) is 1.31. The van der Waals surface area contributed by atoms with E-state index in [0.29, 0.717) is 16.3 Å². The molecule has 2 heterocycles. The summed E-state index contributed by atoms with van der Waals surface area (Å²) in [4.78, 5) is 32.8. The van der Waals surface area contributed by atoms with Gasteiger partial charge in [0.05, 0.1) is 0 Å². The van der Waals surface area contributed by atoms with Crippen molar-refractivity contribution in [3.05, 3.63) is 59.1 Å². The minimum Gasteiger partial charge on any atom is -0.480 e. The fourth-order valence-corrected chi connectivity index (χ4v) is 2.52. The molecule has 0 amide bonds. The first kappa shape index (κ1) is 22.5. The van der Waals surface area contributed by atoms with Crippen molar-refractivity contribution in [1.82, 2.24) is 19.8 Å². The number of pyridine rings is 2. The summed E-state index contributed by atoms with van der Waals surface area (Å²) in [5, 5.41) is 18.2. The number of aromatic nitrogens is 2. The second-order valence-corrected chi connectivity index (χ2v) is 6.50. The summed E-state index contributed by atoms with van der Waals surface area (Å²) in [6.45, 7) is 0. The van der Waals surface area contributed by atoms with Gasteiger partial charge in [-0.25, -0.2) is 4.98 Å². The molecule has 2 aromatic heterocycles. The van der Waals surface area contributed by atoms with E-state index in [2.05, 4.69) is 9.97 Å². The van der Waals surface area contributed by atoms with E-state index >= 15 is 0 Å². The maximum atomic E-state index is 10.9. The van der Waals surface area contributed by atoms with Gasteiger partial charge in [-0.05, 0) is 51.5 Å². The Hall–Kier alpha value is -2.55. The van der Waals surface area contributed by atoms with E-state index in [-0.39, 0.29) is 0 Å². The van der Waals surface area contributed by atoms with E-state index in [4.69, 9.17) is 21.8 Å². The molecule has 2 N–H and O–H groups in total. The van der Waals surface area contributed by atoms with Crippen LogP contribution in [0.5, 0.6) is 0 Å². The third-order valence-corrected chi connectivity index (χ3v) is 3.79. The van der Waals surface area contributed by atoms with E-state index in [1.807, 2.05) is 0 Å². The number of rotatable bonds is 6. The van der Waals surface area contributed by atoms with Gasteiger partial charge >= 0.3 is 11.9 Å². The largest absolute Gasteiger partial charge is 0.480 e. The van der Waals surface area contributed by atoms with Crippen molar-refractivity contribution < 1.29 is 19.8 Å². The Kier molecular flexibility index (Phi) is 8.80. The zero-order valence-electron chi connectivity index (χ0n) is 15.6. The van der Waals surface area contributed by atoms with Crippen molar-refractivity contribution in [3.8, 4) is 0 Å². The van der Waals surface area contributed by atoms with Gasteiger partial charge in [0.25, 0.3) is 0 Å². The van der Waals surface area contributed by atoms with E-state index in [0.717, 1.165) is 0 Å². The molecular weight excluding hydrogens is 372 g/mol. The normalized spacial score (nSPS) is 12.9. The Morgan fingerprint density at radius 2 is 1.44 bits per heavy atom. The number of carbonyl (C=O) groups is 2. The van der Waals surface area contributed by atoms with E-state index in [1.54, 1.807) is 74.6 Å². The van der Waals surface area contributed by atoms with E-state index in [9.17, 15) is 9.59 Å². The predicted octanol–water partition coefficient (Wildman–Crippen LogP) is 2.19. The molecule has 2 rings (SSSR count). The first-order chi connectivity index (χ1) is 12.6. The molecular formula is C18H23ClN4O4. The predicted molar refractivity (Wildman–Crippen MR) is 102 cm³/mol. The molecule has 0 saturated heterocycles. The molecule has 0 aromatic carbocycles. The molecule has 2 unspecified atom stereocenters. The van der Waals surface area contributed by atoms with Crippen LogP contribution in [-0.2, 0) is 9.59 Å². The number of halogens is 1. The van der Waals surface area contributed by atoms with Crippen LogP contribution in [0.1, 0.15) is 23.2 Å². The third kappa shape index (κ3) is 6.93. The lowest BCUT2D eigenvalue weighted by atomic mass is 10.1. The Morgan fingerprint density at radius 1 is 0.926 bits per heavy atom. The Bertz CT molecular complexity index is 739. The lowest BCUT2D eigenvalue weighted by Gasteiger charge is -2.19. The van der Waals surface area contributed by atoms with Crippen LogP contribution in [0.25, 0.3) is 0 Å². The van der Waals surface area contributed by atoms with Crippen molar-refractivity contribution in [1.29, 1.82) is 0 Å².